The van der Waals surface area contributed by atoms with Crippen LogP contribution in [0.15, 0.2) is 24.4 Å². The summed E-state index contributed by atoms with van der Waals surface area (Å²) >= 11 is 6.32. The van der Waals surface area contributed by atoms with E-state index in [1.165, 1.54) is 11.8 Å². The molecule has 0 fully saturated rings. The molecule has 1 aromatic heterocycles. The summed E-state index contributed by atoms with van der Waals surface area (Å²) in [5.74, 6) is 0.188. The van der Waals surface area contributed by atoms with E-state index in [1.807, 2.05) is 13.8 Å². The third-order valence-electron chi connectivity index (χ3n) is 3.82. The van der Waals surface area contributed by atoms with Crippen molar-refractivity contribution in [1.29, 1.82) is 0 Å². The van der Waals surface area contributed by atoms with E-state index in [2.05, 4.69) is 4.98 Å². The van der Waals surface area contributed by atoms with Crippen LogP contribution >= 0.6 is 11.6 Å². The van der Waals surface area contributed by atoms with E-state index in [4.69, 9.17) is 16.3 Å². The number of aromatic nitrogens is 1. The number of carbonyl (C=O) groups is 2. The van der Waals surface area contributed by atoms with Gasteiger partial charge in [-0.25, -0.2) is 0 Å². The minimum Gasteiger partial charge on any atom is -0.492 e. The van der Waals surface area contributed by atoms with Crippen molar-refractivity contribution in [2.45, 2.75) is 20.8 Å². The first-order chi connectivity index (χ1) is 11.8. The molecule has 0 saturated carbocycles. The minimum absolute atomic E-state index is 0.126. The zero-order valence-electron chi connectivity index (χ0n) is 15.0. The maximum atomic E-state index is 12.0. The van der Waals surface area contributed by atoms with Gasteiger partial charge in [0.1, 0.15) is 11.4 Å². The van der Waals surface area contributed by atoms with Gasteiger partial charge in [0.25, 0.3) is 5.91 Å². The number of ether oxygens (including phenoxy) is 1. The quantitative estimate of drug-likeness (QED) is 0.756. The number of pyridine rings is 1. The topological polar surface area (TPSA) is 59.5 Å². The molecule has 1 aromatic carbocycles. The van der Waals surface area contributed by atoms with E-state index in [-0.39, 0.29) is 11.7 Å². The van der Waals surface area contributed by atoms with Crippen molar-refractivity contribution in [1.82, 2.24) is 9.88 Å². The normalized spacial score (nSPS) is 10.5. The fourth-order valence-corrected chi connectivity index (χ4v) is 2.73. The predicted molar refractivity (Wildman–Crippen MR) is 98.6 cm³/mol. The van der Waals surface area contributed by atoms with Gasteiger partial charge >= 0.3 is 0 Å². The zero-order valence-corrected chi connectivity index (χ0v) is 15.8. The smallest absolute Gasteiger partial charge is 0.271 e. The van der Waals surface area contributed by atoms with Gasteiger partial charge in [-0.2, -0.15) is 0 Å². The van der Waals surface area contributed by atoms with Crippen LogP contribution in [0.1, 0.15) is 40.3 Å². The standard InChI is InChI=1S/C19H21ClN2O3/c1-6-25-18-14(12(3)23)9-15(20)11(2)17(18)13-7-8-16(21-10-13)19(24)22(4)5/h7-10H,6H2,1-5H3. The lowest BCUT2D eigenvalue weighted by atomic mass is 9.95. The monoisotopic (exact) mass is 360 g/mol. The predicted octanol–water partition coefficient (Wildman–Crippen LogP) is 4.01. The molecule has 132 valence electrons. The molecule has 0 bridgehead atoms. The number of hydrogen-bond acceptors (Lipinski definition) is 4. The van der Waals surface area contributed by atoms with Gasteiger partial charge in [0, 0.05) is 36.4 Å². The zero-order chi connectivity index (χ0) is 18.7. The summed E-state index contributed by atoms with van der Waals surface area (Å²) in [5, 5.41) is 0.483. The first-order valence-corrected chi connectivity index (χ1v) is 8.30. The van der Waals surface area contributed by atoms with E-state index in [0.717, 1.165) is 16.7 Å². The third-order valence-corrected chi connectivity index (χ3v) is 4.21. The summed E-state index contributed by atoms with van der Waals surface area (Å²) in [6.45, 7) is 5.61. The van der Waals surface area contributed by atoms with Gasteiger partial charge in [0.15, 0.2) is 5.78 Å². The highest BCUT2D eigenvalue weighted by molar-refractivity contribution is 6.32. The number of hydrogen-bond donors (Lipinski definition) is 0. The summed E-state index contributed by atoms with van der Waals surface area (Å²) in [7, 11) is 3.34. The van der Waals surface area contributed by atoms with Crippen LogP contribution in [0.3, 0.4) is 0 Å². The molecule has 0 aliphatic carbocycles. The van der Waals surface area contributed by atoms with E-state index < -0.39 is 0 Å². The Morgan fingerprint density at radius 2 is 1.96 bits per heavy atom. The Morgan fingerprint density at radius 1 is 1.28 bits per heavy atom. The fraction of sp³-hybridized carbons (Fsp3) is 0.316. The number of rotatable bonds is 5. The van der Waals surface area contributed by atoms with Gasteiger partial charge in [0.2, 0.25) is 0 Å². The molecule has 0 N–H and O–H groups in total. The summed E-state index contributed by atoms with van der Waals surface area (Å²) in [6.07, 6.45) is 1.60. The second kappa shape index (κ2) is 7.66. The Hall–Kier alpha value is -2.40. The van der Waals surface area contributed by atoms with Gasteiger partial charge in [-0.3, -0.25) is 14.6 Å². The molecule has 0 saturated heterocycles. The van der Waals surface area contributed by atoms with Crippen LogP contribution in [0.2, 0.25) is 5.02 Å². The maximum Gasteiger partial charge on any atom is 0.271 e. The van der Waals surface area contributed by atoms with Crippen molar-refractivity contribution in [2.24, 2.45) is 0 Å². The van der Waals surface area contributed by atoms with E-state index in [9.17, 15) is 9.59 Å². The van der Waals surface area contributed by atoms with Crippen LogP contribution in [0.25, 0.3) is 11.1 Å². The lowest BCUT2D eigenvalue weighted by Crippen LogP contribution is -2.22. The van der Waals surface area contributed by atoms with Crippen LogP contribution in [-0.4, -0.2) is 42.3 Å². The van der Waals surface area contributed by atoms with Crippen molar-refractivity contribution < 1.29 is 14.3 Å². The number of Topliss-reactive ketones (excluding diaryl/α,β-unsaturated/α-hetero) is 1. The molecule has 1 amide bonds. The van der Waals surface area contributed by atoms with Crippen molar-refractivity contribution in [3.63, 3.8) is 0 Å². The van der Waals surface area contributed by atoms with Crippen LogP contribution in [0.4, 0.5) is 0 Å². The number of nitrogens with zero attached hydrogens (tertiary/aromatic N) is 2. The highest BCUT2D eigenvalue weighted by Crippen LogP contribution is 2.40. The highest BCUT2D eigenvalue weighted by atomic mass is 35.5. The van der Waals surface area contributed by atoms with Crippen molar-refractivity contribution in [2.75, 3.05) is 20.7 Å². The minimum atomic E-state index is -0.177. The van der Waals surface area contributed by atoms with Gasteiger partial charge in [-0.1, -0.05) is 17.7 Å². The molecule has 0 atom stereocenters. The molecule has 0 unspecified atom stereocenters. The van der Waals surface area contributed by atoms with Gasteiger partial charge < -0.3 is 9.64 Å². The lowest BCUT2D eigenvalue weighted by molar-refractivity contribution is 0.0821. The van der Waals surface area contributed by atoms with E-state index >= 15 is 0 Å². The molecule has 1 heterocycles. The number of amides is 1. The molecule has 0 spiro atoms. The number of benzene rings is 1. The SMILES string of the molecule is CCOc1c(C(C)=O)cc(Cl)c(C)c1-c1ccc(C(=O)N(C)C)nc1. The second-order valence-corrected chi connectivity index (χ2v) is 6.26. The molecule has 0 aliphatic rings. The molecule has 0 aliphatic heterocycles. The average Bonchev–Trinajstić information content (AvgIpc) is 2.57. The third kappa shape index (κ3) is 3.82. The Balaban J connectivity index is 2.65. The van der Waals surface area contributed by atoms with Gasteiger partial charge in [0.05, 0.1) is 12.2 Å². The Morgan fingerprint density at radius 3 is 2.44 bits per heavy atom. The molecule has 6 heteroatoms. The number of ketones is 1. The van der Waals surface area contributed by atoms with Gasteiger partial charge in [-0.15, -0.1) is 0 Å². The summed E-state index contributed by atoms with van der Waals surface area (Å²) in [4.78, 5) is 29.7. The van der Waals surface area contributed by atoms with Crippen molar-refractivity contribution in [3.05, 3.63) is 46.2 Å². The van der Waals surface area contributed by atoms with Crippen LogP contribution < -0.4 is 4.74 Å². The van der Waals surface area contributed by atoms with E-state index in [1.54, 1.807) is 38.5 Å². The first kappa shape index (κ1) is 18.9. The largest absolute Gasteiger partial charge is 0.492 e. The average molecular weight is 361 g/mol. The molecule has 5 nitrogen and oxygen atoms in total. The van der Waals surface area contributed by atoms with Crippen molar-refractivity contribution in [3.8, 4) is 16.9 Å². The number of carbonyl (C=O) groups excluding carboxylic acids is 2. The molecule has 0 radical (unpaired) electrons. The lowest BCUT2D eigenvalue weighted by Gasteiger charge is -2.18. The van der Waals surface area contributed by atoms with E-state index in [0.29, 0.717) is 28.6 Å². The van der Waals surface area contributed by atoms with Crippen LogP contribution in [0, 0.1) is 6.92 Å². The molecule has 2 rings (SSSR count). The first-order valence-electron chi connectivity index (χ1n) is 7.92. The summed E-state index contributed by atoms with van der Waals surface area (Å²) < 4.78 is 5.75. The number of halogens is 1. The van der Waals surface area contributed by atoms with Crippen LogP contribution in [-0.2, 0) is 0 Å². The Labute approximate surface area is 152 Å². The molecular weight excluding hydrogens is 340 g/mol. The summed E-state index contributed by atoms with van der Waals surface area (Å²) in [5.41, 5.74) is 3.03. The maximum absolute atomic E-state index is 12.0. The highest BCUT2D eigenvalue weighted by Gasteiger charge is 2.21. The van der Waals surface area contributed by atoms with Gasteiger partial charge in [-0.05, 0) is 38.5 Å². The Kier molecular flexibility index (Phi) is 5.80. The molecule has 25 heavy (non-hydrogen) atoms. The summed E-state index contributed by atoms with van der Waals surface area (Å²) in [6, 6.07) is 5.07. The molecular formula is C19H21ClN2O3. The fourth-order valence-electron chi connectivity index (χ4n) is 2.53. The second-order valence-electron chi connectivity index (χ2n) is 5.86. The van der Waals surface area contributed by atoms with Crippen LogP contribution in [0.5, 0.6) is 5.75 Å². The molecule has 2 aromatic rings. The van der Waals surface area contributed by atoms with Crippen molar-refractivity contribution >= 4 is 23.3 Å². The Bertz CT molecular complexity index is 814.